The smallest absolute Gasteiger partial charge is 0.410 e. The zero-order valence-electron chi connectivity index (χ0n) is 28.2. The third-order valence-corrected chi connectivity index (χ3v) is 10.8. The van der Waals surface area contributed by atoms with E-state index in [1.165, 1.54) is 45.7 Å². The molecule has 0 aliphatic carbocycles. The van der Waals surface area contributed by atoms with Gasteiger partial charge in [-0.05, 0) is 88.7 Å². The maximum Gasteiger partial charge on any atom is 0.410 e. The summed E-state index contributed by atoms with van der Waals surface area (Å²) in [6.45, 7) is 18.3. The van der Waals surface area contributed by atoms with Crippen LogP contribution in [0.4, 0.5) is 4.79 Å². The van der Waals surface area contributed by atoms with Crippen molar-refractivity contribution < 1.29 is 19.4 Å². The van der Waals surface area contributed by atoms with Gasteiger partial charge in [0, 0.05) is 68.1 Å². The van der Waals surface area contributed by atoms with Crippen LogP contribution in [0.2, 0.25) is 0 Å². The van der Waals surface area contributed by atoms with Crippen LogP contribution in [0.25, 0.3) is 21.7 Å². The minimum Gasteiger partial charge on any atom is -0.493 e. The monoisotopic (exact) mass is 646 g/mol. The van der Waals surface area contributed by atoms with Crippen LogP contribution in [0.5, 0.6) is 5.75 Å². The lowest BCUT2D eigenvalue weighted by Gasteiger charge is -2.54. The average molecular weight is 647 g/mol. The quantitative estimate of drug-likeness (QED) is 0.265. The van der Waals surface area contributed by atoms with Crippen molar-refractivity contribution >= 4 is 17.4 Å². The first-order chi connectivity index (χ1) is 22.0. The number of rotatable bonds is 9. The highest BCUT2D eigenvalue weighted by Gasteiger charge is 2.48. The minimum absolute atomic E-state index is 0.184. The summed E-state index contributed by atoms with van der Waals surface area (Å²) in [5.41, 5.74) is 6.98. The Kier molecular flexibility index (Phi) is 9.76. The average Bonchev–Trinajstić information content (AvgIpc) is 3.42. The molecule has 6 rings (SSSR count). The number of fused-ring (bicyclic) bond motifs is 1. The van der Waals surface area contributed by atoms with Crippen molar-refractivity contribution in [2.75, 3.05) is 59.0 Å². The first-order valence-corrected chi connectivity index (χ1v) is 17.7. The maximum atomic E-state index is 12.5. The van der Waals surface area contributed by atoms with E-state index in [0.717, 1.165) is 75.0 Å². The van der Waals surface area contributed by atoms with Crippen LogP contribution in [0.15, 0.2) is 36.4 Å². The molecule has 0 bridgehead atoms. The number of carbonyl (C=O) groups is 1. The molecule has 3 aliphatic heterocycles. The van der Waals surface area contributed by atoms with E-state index in [4.69, 9.17) is 14.5 Å². The molecule has 2 fully saturated rings. The Bertz CT molecular complexity index is 1540. The topological polar surface area (TPSA) is 78.4 Å². The third-order valence-electron chi connectivity index (χ3n) is 9.69. The molecule has 0 radical (unpaired) electrons. The standard InChI is InChI=1S/C37H50N4O4S/c1-26-28(10-6-12-30(26)34-38-31-14-18-39(19-20-42)22-33(31)46-34)29-11-7-13-32(27(29)2)44-21-9-17-40-16-8-15-37(23-40)24-41(25-37)35(43)45-36(3,4)5/h6-7,10-13,42H,8-9,14-25H2,1-5H3. The molecule has 0 unspecified atom stereocenters. The van der Waals surface area contributed by atoms with Crippen molar-refractivity contribution in [1.82, 2.24) is 19.7 Å². The lowest BCUT2D eigenvalue weighted by atomic mass is 9.73. The summed E-state index contributed by atoms with van der Waals surface area (Å²) in [6, 6.07) is 12.9. The highest BCUT2D eigenvalue weighted by atomic mass is 32.1. The number of aliphatic hydroxyl groups excluding tert-OH is 1. The van der Waals surface area contributed by atoms with Gasteiger partial charge in [0.15, 0.2) is 0 Å². The highest BCUT2D eigenvalue weighted by molar-refractivity contribution is 7.15. The van der Waals surface area contributed by atoms with Gasteiger partial charge in [-0.3, -0.25) is 4.90 Å². The largest absolute Gasteiger partial charge is 0.493 e. The van der Waals surface area contributed by atoms with Crippen molar-refractivity contribution in [3.05, 3.63) is 58.1 Å². The summed E-state index contributed by atoms with van der Waals surface area (Å²) >= 11 is 1.79. The molecule has 1 N–H and O–H groups in total. The van der Waals surface area contributed by atoms with Crippen LogP contribution < -0.4 is 4.74 Å². The number of benzene rings is 2. The van der Waals surface area contributed by atoms with Gasteiger partial charge in [-0.2, -0.15) is 0 Å². The molecular formula is C37H50N4O4S. The molecule has 2 aromatic carbocycles. The van der Waals surface area contributed by atoms with Crippen LogP contribution in [-0.2, 0) is 17.7 Å². The SMILES string of the molecule is Cc1c(OCCCN2CCCC3(C2)CN(C(=O)OC(C)(C)C)C3)cccc1-c1cccc(-c2nc3c(s2)CN(CCO)CC3)c1C. The third kappa shape index (κ3) is 7.28. The number of amides is 1. The summed E-state index contributed by atoms with van der Waals surface area (Å²) in [7, 11) is 0. The Balaban J connectivity index is 1.05. The number of hydrogen-bond donors (Lipinski definition) is 1. The molecule has 3 aliphatic rings. The van der Waals surface area contributed by atoms with Crippen molar-refractivity contribution in [3.63, 3.8) is 0 Å². The zero-order chi connectivity index (χ0) is 32.5. The number of piperidine rings is 1. The Morgan fingerprint density at radius 3 is 2.48 bits per heavy atom. The van der Waals surface area contributed by atoms with E-state index in [9.17, 15) is 9.90 Å². The molecular weight excluding hydrogens is 596 g/mol. The molecule has 1 amide bonds. The molecule has 248 valence electrons. The molecule has 8 nitrogen and oxygen atoms in total. The second-order valence-electron chi connectivity index (χ2n) is 14.5. The summed E-state index contributed by atoms with van der Waals surface area (Å²) < 4.78 is 12.0. The van der Waals surface area contributed by atoms with Crippen LogP contribution in [-0.4, -0.2) is 95.5 Å². The van der Waals surface area contributed by atoms with Gasteiger partial charge in [0.25, 0.3) is 0 Å². The molecule has 46 heavy (non-hydrogen) atoms. The van der Waals surface area contributed by atoms with Gasteiger partial charge >= 0.3 is 6.09 Å². The van der Waals surface area contributed by atoms with E-state index in [1.54, 1.807) is 11.3 Å². The number of β-amino-alcohol motifs (C(OH)–C–C–N with tert-alkyl or cyclic N) is 1. The number of ether oxygens (including phenoxy) is 2. The molecule has 1 aromatic heterocycles. The second kappa shape index (κ2) is 13.6. The first-order valence-electron chi connectivity index (χ1n) is 16.9. The van der Waals surface area contributed by atoms with Crippen LogP contribution >= 0.6 is 11.3 Å². The van der Waals surface area contributed by atoms with E-state index in [2.05, 4.69) is 60.0 Å². The number of likely N-dealkylation sites (tertiary alicyclic amines) is 2. The maximum absolute atomic E-state index is 12.5. The van der Waals surface area contributed by atoms with E-state index in [1.807, 2.05) is 25.7 Å². The molecule has 4 heterocycles. The summed E-state index contributed by atoms with van der Waals surface area (Å²) in [6.07, 6.45) is 4.08. The number of aromatic nitrogens is 1. The number of nitrogens with zero attached hydrogens (tertiary/aromatic N) is 4. The van der Waals surface area contributed by atoms with Crippen molar-refractivity contribution in [1.29, 1.82) is 0 Å². The first kappa shape index (κ1) is 32.9. The normalized spacial score (nSPS) is 18.3. The van der Waals surface area contributed by atoms with Gasteiger partial charge in [0.1, 0.15) is 16.4 Å². The van der Waals surface area contributed by atoms with Gasteiger partial charge in [-0.25, -0.2) is 9.78 Å². The minimum atomic E-state index is -0.453. The van der Waals surface area contributed by atoms with E-state index in [0.29, 0.717) is 13.2 Å². The summed E-state index contributed by atoms with van der Waals surface area (Å²) in [4.78, 5) is 25.6. The van der Waals surface area contributed by atoms with Crippen LogP contribution in [0.3, 0.4) is 0 Å². The van der Waals surface area contributed by atoms with Crippen molar-refractivity contribution in [2.24, 2.45) is 5.41 Å². The van der Waals surface area contributed by atoms with Gasteiger partial charge in [0.2, 0.25) is 0 Å². The Hall–Kier alpha value is -2.98. The Labute approximate surface area is 278 Å². The summed E-state index contributed by atoms with van der Waals surface area (Å²) in [5.74, 6) is 0.943. The number of thiazole rings is 1. The lowest BCUT2D eigenvalue weighted by Crippen LogP contribution is -2.64. The fraction of sp³-hybridized carbons (Fsp3) is 0.568. The molecule has 9 heteroatoms. The van der Waals surface area contributed by atoms with Gasteiger partial charge in [-0.15, -0.1) is 11.3 Å². The van der Waals surface area contributed by atoms with E-state index < -0.39 is 5.60 Å². The van der Waals surface area contributed by atoms with Gasteiger partial charge in [-0.1, -0.05) is 30.3 Å². The van der Waals surface area contributed by atoms with Crippen molar-refractivity contribution in [3.8, 4) is 27.4 Å². The fourth-order valence-corrected chi connectivity index (χ4v) is 8.60. The summed E-state index contributed by atoms with van der Waals surface area (Å²) in [5, 5.41) is 10.5. The Morgan fingerprint density at radius 2 is 1.72 bits per heavy atom. The second-order valence-corrected chi connectivity index (χ2v) is 15.5. The van der Waals surface area contributed by atoms with Gasteiger partial charge < -0.3 is 24.4 Å². The molecule has 0 saturated carbocycles. The van der Waals surface area contributed by atoms with E-state index >= 15 is 0 Å². The molecule has 1 spiro atoms. The predicted octanol–water partition coefficient (Wildman–Crippen LogP) is 6.55. The molecule has 3 aromatic rings. The van der Waals surface area contributed by atoms with Crippen LogP contribution in [0, 0.1) is 19.3 Å². The fourth-order valence-electron chi connectivity index (χ4n) is 7.37. The van der Waals surface area contributed by atoms with Crippen LogP contribution in [0.1, 0.15) is 61.7 Å². The zero-order valence-corrected chi connectivity index (χ0v) is 29.0. The molecule has 0 atom stereocenters. The Morgan fingerprint density at radius 1 is 0.978 bits per heavy atom. The van der Waals surface area contributed by atoms with Gasteiger partial charge in [0.05, 0.1) is 18.9 Å². The highest BCUT2D eigenvalue weighted by Crippen LogP contribution is 2.41. The van der Waals surface area contributed by atoms with Crippen molar-refractivity contribution in [2.45, 2.75) is 72.4 Å². The molecule has 2 saturated heterocycles. The van der Waals surface area contributed by atoms with E-state index in [-0.39, 0.29) is 18.1 Å². The number of carbonyl (C=O) groups excluding carboxylic acids is 1. The predicted molar refractivity (Wildman–Crippen MR) is 185 cm³/mol. The lowest BCUT2D eigenvalue weighted by molar-refractivity contribution is -0.0647. The number of hydrogen-bond acceptors (Lipinski definition) is 8. The number of aliphatic hydroxyl groups is 1.